The second-order valence-electron chi connectivity index (χ2n) is 5.28. The van der Waals surface area contributed by atoms with Gasteiger partial charge in [0.05, 0.1) is 24.7 Å². The lowest BCUT2D eigenvalue weighted by atomic mass is 10.1. The number of nitrogens with zero attached hydrogens (tertiary/aromatic N) is 1. The summed E-state index contributed by atoms with van der Waals surface area (Å²) in [5, 5.41) is 2.03. The third-order valence-corrected chi connectivity index (χ3v) is 3.52. The summed E-state index contributed by atoms with van der Waals surface area (Å²) >= 11 is 0. The lowest BCUT2D eigenvalue weighted by Crippen LogP contribution is -2.44. The molecule has 134 valence electrons. The number of hydrogen-bond donors (Lipinski definition) is 2. The number of nitrogens with one attached hydrogen (secondary N) is 1. The number of nitrogens with two attached hydrogens (primary N) is 1. The second kappa shape index (κ2) is 7.80. The number of alkyl halides is 2. The highest BCUT2D eigenvalue weighted by Crippen LogP contribution is 2.28. The van der Waals surface area contributed by atoms with Crippen LogP contribution < -0.4 is 16.0 Å². The standard InChI is InChI=1S/C14H15F4N3O2.ClH/c15-9-1-2-11(10(16)4-9)21-5-8(3-12(21)22)13(23)20-7-14(17,18)6-19;/h1-2,4,8H,3,5-7,19H2,(H,20,23);1H. The minimum atomic E-state index is -3.24. The molecule has 5 nitrogen and oxygen atoms in total. The fourth-order valence-corrected chi connectivity index (χ4v) is 2.25. The van der Waals surface area contributed by atoms with Gasteiger partial charge in [0.1, 0.15) is 11.6 Å². The van der Waals surface area contributed by atoms with Gasteiger partial charge in [-0.3, -0.25) is 9.59 Å². The first kappa shape index (κ1) is 20.2. The molecule has 1 aromatic carbocycles. The van der Waals surface area contributed by atoms with Crippen LogP contribution in [-0.4, -0.2) is 37.4 Å². The molecule has 2 amide bonds. The first-order chi connectivity index (χ1) is 10.7. The van der Waals surface area contributed by atoms with Gasteiger partial charge in [0.2, 0.25) is 11.8 Å². The van der Waals surface area contributed by atoms with Crippen LogP contribution in [0, 0.1) is 17.6 Å². The molecule has 2 rings (SSSR count). The molecule has 24 heavy (non-hydrogen) atoms. The van der Waals surface area contributed by atoms with E-state index in [1.807, 2.05) is 5.32 Å². The summed E-state index contributed by atoms with van der Waals surface area (Å²) in [6, 6.07) is 2.70. The van der Waals surface area contributed by atoms with E-state index in [9.17, 15) is 27.2 Å². The lowest BCUT2D eigenvalue weighted by molar-refractivity contribution is -0.127. The van der Waals surface area contributed by atoms with Crippen molar-refractivity contribution in [2.24, 2.45) is 11.7 Å². The molecule has 1 aromatic rings. The third kappa shape index (κ3) is 4.57. The largest absolute Gasteiger partial charge is 0.350 e. The smallest absolute Gasteiger partial charge is 0.277 e. The Morgan fingerprint density at radius 3 is 2.62 bits per heavy atom. The minimum absolute atomic E-state index is 0. The highest BCUT2D eigenvalue weighted by Gasteiger charge is 2.37. The number of hydrogen-bond acceptors (Lipinski definition) is 3. The molecule has 10 heteroatoms. The number of anilines is 1. The number of carbonyl (C=O) groups excluding carboxylic acids is 2. The zero-order valence-electron chi connectivity index (χ0n) is 12.4. The summed E-state index contributed by atoms with van der Waals surface area (Å²) in [4.78, 5) is 24.8. The van der Waals surface area contributed by atoms with Gasteiger partial charge in [-0.2, -0.15) is 0 Å². The van der Waals surface area contributed by atoms with Gasteiger partial charge in [-0.1, -0.05) is 0 Å². The maximum absolute atomic E-state index is 13.7. The summed E-state index contributed by atoms with van der Waals surface area (Å²) in [5.74, 6) is -7.13. The van der Waals surface area contributed by atoms with Gasteiger partial charge >= 0.3 is 0 Å². The van der Waals surface area contributed by atoms with Crippen LogP contribution in [0.2, 0.25) is 0 Å². The topological polar surface area (TPSA) is 75.4 Å². The van der Waals surface area contributed by atoms with E-state index in [0.717, 1.165) is 17.0 Å². The van der Waals surface area contributed by atoms with Gasteiger partial charge in [-0.05, 0) is 12.1 Å². The maximum Gasteiger partial charge on any atom is 0.277 e. The van der Waals surface area contributed by atoms with Crippen molar-refractivity contribution in [3.05, 3.63) is 29.8 Å². The van der Waals surface area contributed by atoms with Crippen LogP contribution in [0.4, 0.5) is 23.2 Å². The number of benzene rings is 1. The fraction of sp³-hybridized carbons (Fsp3) is 0.429. The van der Waals surface area contributed by atoms with Crippen LogP contribution in [-0.2, 0) is 9.59 Å². The molecule has 3 N–H and O–H groups in total. The molecule has 1 heterocycles. The molecule has 0 aromatic heterocycles. The highest BCUT2D eigenvalue weighted by atomic mass is 35.5. The van der Waals surface area contributed by atoms with Crippen LogP contribution in [0.1, 0.15) is 6.42 Å². The predicted octanol–water partition coefficient (Wildman–Crippen LogP) is 1.45. The van der Waals surface area contributed by atoms with Crippen molar-refractivity contribution >= 4 is 29.9 Å². The Balaban J connectivity index is 0.00000288. The van der Waals surface area contributed by atoms with E-state index in [2.05, 4.69) is 0 Å². The summed E-state index contributed by atoms with van der Waals surface area (Å²) in [6.07, 6.45) is -0.239. The molecule has 1 unspecified atom stereocenters. The van der Waals surface area contributed by atoms with Gasteiger partial charge in [0, 0.05) is 19.0 Å². The zero-order chi connectivity index (χ0) is 17.2. The first-order valence-electron chi connectivity index (χ1n) is 6.84. The molecule has 1 fully saturated rings. The monoisotopic (exact) mass is 369 g/mol. The Bertz CT molecular complexity index is 630. The summed E-state index contributed by atoms with van der Waals surface area (Å²) in [6.45, 7) is -2.01. The highest BCUT2D eigenvalue weighted by molar-refractivity contribution is 6.00. The van der Waals surface area contributed by atoms with E-state index in [-0.39, 0.29) is 31.1 Å². The number of amides is 2. The van der Waals surface area contributed by atoms with E-state index in [1.54, 1.807) is 0 Å². The van der Waals surface area contributed by atoms with E-state index < -0.39 is 48.4 Å². The minimum Gasteiger partial charge on any atom is -0.350 e. The molecule has 1 atom stereocenters. The normalized spacial score (nSPS) is 17.6. The molecule has 0 spiro atoms. The Morgan fingerprint density at radius 2 is 2.04 bits per heavy atom. The fourth-order valence-electron chi connectivity index (χ4n) is 2.25. The van der Waals surface area contributed by atoms with Gasteiger partial charge in [0.25, 0.3) is 5.92 Å². The van der Waals surface area contributed by atoms with Crippen LogP contribution in [0.15, 0.2) is 18.2 Å². The summed E-state index contributed by atoms with van der Waals surface area (Å²) < 4.78 is 52.6. The first-order valence-corrected chi connectivity index (χ1v) is 6.84. The Hall–Kier alpha value is -1.87. The van der Waals surface area contributed by atoms with Crippen molar-refractivity contribution < 1.29 is 27.2 Å². The van der Waals surface area contributed by atoms with E-state index in [1.165, 1.54) is 0 Å². The summed E-state index contributed by atoms with van der Waals surface area (Å²) in [7, 11) is 0. The Morgan fingerprint density at radius 1 is 1.38 bits per heavy atom. The Kier molecular flexibility index (Phi) is 6.56. The molecule has 1 saturated heterocycles. The van der Waals surface area contributed by atoms with Crippen molar-refractivity contribution in [2.75, 3.05) is 24.5 Å². The number of carbonyl (C=O) groups is 2. The maximum atomic E-state index is 13.7. The average Bonchev–Trinajstić information content (AvgIpc) is 2.87. The Labute approximate surface area is 141 Å². The van der Waals surface area contributed by atoms with Crippen LogP contribution in [0.25, 0.3) is 0 Å². The van der Waals surface area contributed by atoms with Crippen molar-refractivity contribution in [1.29, 1.82) is 0 Å². The van der Waals surface area contributed by atoms with E-state index in [0.29, 0.717) is 6.07 Å². The molecule has 0 bridgehead atoms. The van der Waals surface area contributed by atoms with E-state index in [4.69, 9.17) is 5.73 Å². The van der Waals surface area contributed by atoms with Crippen LogP contribution >= 0.6 is 12.4 Å². The van der Waals surface area contributed by atoms with Crippen molar-refractivity contribution in [2.45, 2.75) is 12.3 Å². The molecule has 0 aliphatic carbocycles. The number of halogens is 5. The van der Waals surface area contributed by atoms with Crippen molar-refractivity contribution in [3.63, 3.8) is 0 Å². The van der Waals surface area contributed by atoms with E-state index >= 15 is 0 Å². The van der Waals surface area contributed by atoms with Crippen molar-refractivity contribution in [1.82, 2.24) is 5.32 Å². The van der Waals surface area contributed by atoms with Crippen LogP contribution in [0.5, 0.6) is 0 Å². The van der Waals surface area contributed by atoms with Crippen LogP contribution in [0.3, 0.4) is 0 Å². The SMILES string of the molecule is Cl.NCC(F)(F)CNC(=O)C1CC(=O)N(c2ccc(F)cc2F)C1. The zero-order valence-corrected chi connectivity index (χ0v) is 13.2. The lowest BCUT2D eigenvalue weighted by Gasteiger charge is -2.18. The van der Waals surface area contributed by atoms with Gasteiger partial charge in [-0.25, -0.2) is 17.6 Å². The quantitative estimate of drug-likeness (QED) is 0.771. The molecule has 0 saturated carbocycles. The molecule has 1 aliphatic heterocycles. The second-order valence-corrected chi connectivity index (χ2v) is 5.28. The predicted molar refractivity (Wildman–Crippen MR) is 81.1 cm³/mol. The number of rotatable bonds is 5. The average molecular weight is 370 g/mol. The van der Waals surface area contributed by atoms with Gasteiger partial charge in [0.15, 0.2) is 0 Å². The molecule has 1 aliphatic rings. The van der Waals surface area contributed by atoms with Gasteiger partial charge < -0.3 is 16.0 Å². The molecular formula is C14H16ClF4N3O2. The molecular weight excluding hydrogens is 354 g/mol. The summed E-state index contributed by atoms with van der Waals surface area (Å²) in [5.41, 5.74) is 4.71. The van der Waals surface area contributed by atoms with Gasteiger partial charge in [-0.15, -0.1) is 12.4 Å². The van der Waals surface area contributed by atoms with Crippen molar-refractivity contribution in [3.8, 4) is 0 Å². The molecule has 0 radical (unpaired) electrons. The third-order valence-electron chi connectivity index (χ3n) is 3.52.